The average Bonchev–Trinajstić information content (AvgIpc) is 2.84. The van der Waals surface area contributed by atoms with Crippen LogP contribution in [0, 0.1) is 28.7 Å². The standard InChI is InChI=1S/C13H10F2N2O3S/c1-7-2-3-8(21-7)6-16-13(18)9-4-10(14)11(15)5-12(9)17(19)20/h2-5H,6H2,1H3,(H,16,18). The highest BCUT2D eigenvalue weighted by atomic mass is 32.1. The molecule has 0 radical (unpaired) electrons. The number of nitrogens with one attached hydrogen (secondary N) is 1. The molecule has 0 aliphatic carbocycles. The fraction of sp³-hybridized carbons (Fsp3) is 0.154. The Morgan fingerprint density at radius 1 is 1.33 bits per heavy atom. The number of nitro benzene ring substituents is 1. The number of carbonyl (C=O) groups excluding carboxylic acids is 1. The molecule has 8 heteroatoms. The zero-order valence-electron chi connectivity index (χ0n) is 10.9. The van der Waals surface area contributed by atoms with Gasteiger partial charge in [-0.1, -0.05) is 0 Å². The van der Waals surface area contributed by atoms with Gasteiger partial charge in [0.1, 0.15) is 5.56 Å². The van der Waals surface area contributed by atoms with E-state index in [1.54, 1.807) is 6.07 Å². The molecule has 2 aromatic rings. The molecule has 0 atom stereocenters. The Hall–Kier alpha value is -2.35. The monoisotopic (exact) mass is 312 g/mol. The van der Waals surface area contributed by atoms with Crippen molar-refractivity contribution in [3.63, 3.8) is 0 Å². The van der Waals surface area contributed by atoms with Crippen LogP contribution in [0.4, 0.5) is 14.5 Å². The topological polar surface area (TPSA) is 72.2 Å². The number of hydrogen-bond acceptors (Lipinski definition) is 4. The summed E-state index contributed by atoms with van der Waals surface area (Å²) in [6.07, 6.45) is 0. The molecule has 0 aliphatic rings. The van der Waals surface area contributed by atoms with Gasteiger partial charge < -0.3 is 5.32 Å². The van der Waals surface area contributed by atoms with Crippen LogP contribution in [0.3, 0.4) is 0 Å². The highest BCUT2D eigenvalue weighted by molar-refractivity contribution is 7.11. The summed E-state index contributed by atoms with van der Waals surface area (Å²) in [4.78, 5) is 23.7. The third kappa shape index (κ3) is 3.40. The average molecular weight is 312 g/mol. The minimum absolute atomic E-state index is 0.160. The summed E-state index contributed by atoms with van der Waals surface area (Å²) in [6, 6.07) is 4.61. The smallest absolute Gasteiger partial charge is 0.285 e. The molecular weight excluding hydrogens is 302 g/mol. The largest absolute Gasteiger partial charge is 0.347 e. The number of rotatable bonds is 4. The highest BCUT2D eigenvalue weighted by Gasteiger charge is 2.23. The van der Waals surface area contributed by atoms with Gasteiger partial charge >= 0.3 is 0 Å². The molecule has 1 amide bonds. The molecule has 5 nitrogen and oxygen atoms in total. The van der Waals surface area contributed by atoms with E-state index in [-0.39, 0.29) is 6.54 Å². The van der Waals surface area contributed by atoms with Gasteiger partial charge in [-0.3, -0.25) is 14.9 Å². The van der Waals surface area contributed by atoms with E-state index in [2.05, 4.69) is 5.32 Å². The molecule has 2 rings (SSSR count). The number of aryl methyl sites for hydroxylation is 1. The van der Waals surface area contributed by atoms with Gasteiger partial charge in [-0.05, 0) is 25.1 Å². The van der Waals surface area contributed by atoms with Crippen LogP contribution in [0.1, 0.15) is 20.1 Å². The molecule has 21 heavy (non-hydrogen) atoms. The first kappa shape index (κ1) is 15.0. The lowest BCUT2D eigenvalue weighted by atomic mass is 10.1. The molecule has 1 N–H and O–H groups in total. The number of thiophene rings is 1. The maximum absolute atomic E-state index is 13.2. The SMILES string of the molecule is Cc1ccc(CNC(=O)c2cc(F)c(F)cc2[N+](=O)[O-])s1. The molecule has 110 valence electrons. The van der Waals surface area contributed by atoms with Crippen molar-refractivity contribution in [3.05, 3.63) is 61.3 Å². The number of nitrogens with zero attached hydrogens (tertiary/aromatic N) is 1. The van der Waals surface area contributed by atoms with Gasteiger partial charge in [0.05, 0.1) is 17.5 Å². The normalized spacial score (nSPS) is 10.4. The molecule has 0 saturated carbocycles. The maximum Gasteiger partial charge on any atom is 0.285 e. The van der Waals surface area contributed by atoms with Gasteiger partial charge in [0.15, 0.2) is 11.6 Å². The van der Waals surface area contributed by atoms with Gasteiger partial charge in [-0.2, -0.15) is 0 Å². The van der Waals surface area contributed by atoms with E-state index in [4.69, 9.17) is 0 Å². The van der Waals surface area contributed by atoms with Gasteiger partial charge in [0, 0.05) is 9.75 Å². The third-order valence-corrected chi connectivity index (χ3v) is 3.70. The highest BCUT2D eigenvalue weighted by Crippen LogP contribution is 2.22. The van der Waals surface area contributed by atoms with E-state index < -0.39 is 33.7 Å². The molecule has 1 heterocycles. The van der Waals surface area contributed by atoms with Gasteiger partial charge in [-0.25, -0.2) is 8.78 Å². The predicted octanol–water partition coefficient (Wildman–Crippen LogP) is 3.17. The van der Waals surface area contributed by atoms with Crippen molar-refractivity contribution >= 4 is 22.9 Å². The van der Waals surface area contributed by atoms with Crippen molar-refractivity contribution in [2.45, 2.75) is 13.5 Å². The molecule has 1 aromatic carbocycles. The lowest BCUT2D eigenvalue weighted by molar-refractivity contribution is -0.385. The zero-order chi connectivity index (χ0) is 15.6. The maximum atomic E-state index is 13.2. The summed E-state index contributed by atoms with van der Waals surface area (Å²) in [5.41, 5.74) is -1.28. The Morgan fingerprint density at radius 2 is 2.00 bits per heavy atom. The van der Waals surface area contributed by atoms with Crippen LogP contribution in [-0.2, 0) is 6.54 Å². The van der Waals surface area contributed by atoms with Crippen LogP contribution in [-0.4, -0.2) is 10.8 Å². The zero-order valence-corrected chi connectivity index (χ0v) is 11.7. The summed E-state index contributed by atoms with van der Waals surface area (Å²) in [5, 5.41) is 13.3. The molecular formula is C13H10F2N2O3S. The fourth-order valence-corrected chi connectivity index (χ4v) is 2.54. The molecule has 0 unspecified atom stereocenters. The van der Waals surface area contributed by atoms with E-state index in [0.717, 1.165) is 9.75 Å². The summed E-state index contributed by atoms with van der Waals surface area (Å²) >= 11 is 1.46. The summed E-state index contributed by atoms with van der Waals surface area (Å²) in [6.45, 7) is 2.06. The molecule has 0 spiro atoms. The van der Waals surface area contributed by atoms with E-state index in [0.29, 0.717) is 12.1 Å². The fourth-order valence-electron chi connectivity index (χ4n) is 1.71. The van der Waals surface area contributed by atoms with Crippen molar-refractivity contribution < 1.29 is 18.5 Å². The lowest BCUT2D eigenvalue weighted by Gasteiger charge is -2.05. The number of amides is 1. The Balaban J connectivity index is 2.22. The van der Waals surface area contributed by atoms with Crippen LogP contribution in [0.5, 0.6) is 0 Å². The van der Waals surface area contributed by atoms with Gasteiger partial charge in [-0.15, -0.1) is 11.3 Å². The molecule has 1 aromatic heterocycles. The molecule has 0 bridgehead atoms. The van der Waals surface area contributed by atoms with Crippen LogP contribution >= 0.6 is 11.3 Å². The van der Waals surface area contributed by atoms with E-state index >= 15 is 0 Å². The van der Waals surface area contributed by atoms with Crippen LogP contribution in [0.25, 0.3) is 0 Å². The summed E-state index contributed by atoms with van der Waals surface area (Å²) in [7, 11) is 0. The van der Waals surface area contributed by atoms with E-state index in [1.807, 2.05) is 13.0 Å². The van der Waals surface area contributed by atoms with Gasteiger partial charge in [0.25, 0.3) is 11.6 Å². The van der Waals surface area contributed by atoms with Crippen LogP contribution in [0.2, 0.25) is 0 Å². The predicted molar refractivity (Wildman–Crippen MR) is 73.2 cm³/mol. The van der Waals surface area contributed by atoms with Crippen molar-refractivity contribution in [1.82, 2.24) is 5.32 Å². The third-order valence-electron chi connectivity index (χ3n) is 2.70. The quantitative estimate of drug-likeness (QED) is 0.696. The summed E-state index contributed by atoms with van der Waals surface area (Å²) < 4.78 is 26.2. The van der Waals surface area contributed by atoms with Crippen molar-refractivity contribution in [2.75, 3.05) is 0 Å². The molecule has 0 fully saturated rings. The first-order chi connectivity index (χ1) is 9.88. The second-order valence-electron chi connectivity index (χ2n) is 4.24. The number of hydrogen-bond donors (Lipinski definition) is 1. The van der Waals surface area contributed by atoms with Crippen molar-refractivity contribution in [2.24, 2.45) is 0 Å². The molecule has 0 aliphatic heterocycles. The Morgan fingerprint density at radius 3 is 2.57 bits per heavy atom. The van der Waals surface area contributed by atoms with Crippen LogP contribution in [0.15, 0.2) is 24.3 Å². The Labute approximate surface area is 122 Å². The Bertz CT molecular complexity index is 715. The summed E-state index contributed by atoms with van der Waals surface area (Å²) in [5.74, 6) is -3.50. The number of benzene rings is 1. The number of halogens is 2. The molecule has 0 saturated heterocycles. The minimum Gasteiger partial charge on any atom is -0.347 e. The lowest BCUT2D eigenvalue weighted by Crippen LogP contribution is -2.23. The first-order valence-electron chi connectivity index (χ1n) is 5.85. The number of nitro groups is 1. The number of carbonyl (C=O) groups is 1. The van der Waals surface area contributed by atoms with Gasteiger partial charge in [0.2, 0.25) is 0 Å². The van der Waals surface area contributed by atoms with Crippen molar-refractivity contribution in [1.29, 1.82) is 0 Å². The van der Waals surface area contributed by atoms with Crippen molar-refractivity contribution in [3.8, 4) is 0 Å². The van der Waals surface area contributed by atoms with Crippen LogP contribution < -0.4 is 5.32 Å². The van der Waals surface area contributed by atoms with E-state index in [9.17, 15) is 23.7 Å². The minimum atomic E-state index is -1.37. The van der Waals surface area contributed by atoms with E-state index in [1.165, 1.54) is 11.3 Å². The Kier molecular flexibility index (Phi) is 4.27. The first-order valence-corrected chi connectivity index (χ1v) is 6.67. The second kappa shape index (κ2) is 5.96. The second-order valence-corrected chi connectivity index (χ2v) is 5.61.